The van der Waals surface area contributed by atoms with E-state index in [0.717, 1.165) is 24.8 Å². The Labute approximate surface area is 130 Å². The molecule has 1 amide bonds. The van der Waals surface area contributed by atoms with Crippen molar-refractivity contribution in [3.63, 3.8) is 0 Å². The number of likely N-dealkylation sites (tertiary alicyclic amines) is 1. The van der Waals surface area contributed by atoms with Gasteiger partial charge in [-0.2, -0.15) is 0 Å². The maximum Gasteiger partial charge on any atom is 0.226 e. The summed E-state index contributed by atoms with van der Waals surface area (Å²) in [5.41, 5.74) is 1.14. The second kappa shape index (κ2) is 5.23. The van der Waals surface area contributed by atoms with E-state index < -0.39 is 0 Å². The summed E-state index contributed by atoms with van der Waals surface area (Å²) in [6.07, 6.45) is 3.18. The molecule has 1 heterocycles. The molecule has 3 rings (SSSR count). The minimum Gasteiger partial charge on any atom is -0.337 e. The monoisotopic (exact) mass is 311 g/mol. The molecule has 0 unspecified atom stereocenters. The molecule has 2 nitrogen and oxygen atoms in total. The van der Waals surface area contributed by atoms with Crippen molar-refractivity contribution in [3.05, 3.63) is 33.8 Å². The largest absolute Gasteiger partial charge is 0.337 e. The molecule has 1 saturated carbocycles. The lowest BCUT2D eigenvalue weighted by Gasteiger charge is -2.26. The number of carbonyl (C=O) groups excluding carboxylic acids is 1. The number of nitrogens with zero attached hydrogens (tertiary/aromatic N) is 1. The van der Waals surface area contributed by atoms with E-state index in [2.05, 4.69) is 18.7 Å². The van der Waals surface area contributed by atoms with E-state index in [4.69, 9.17) is 23.2 Å². The quantitative estimate of drug-likeness (QED) is 0.787. The topological polar surface area (TPSA) is 20.3 Å². The van der Waals surface area contributed by atoms with Crippen molar-refractivity contribution in [1.29, 1.82) is 0 Å². The van der Waals surface area contributed by atoms with Gasteiger partial charge in [0.15, 0.2) is 0 Å². The van der Waals surface area contributed by atoms with Crippen molar-refractivity contribution in [2.75, 3.05) is 0 Å². The number of hydrogen-bond acceptors (Lipinski definition) is 1. The van der Waals surface area contributed by atoms with Gasteiger partial charge in [-0.25, -0.2) is 0 Å². The standard InChI is InChI=1S/C16H19Cl2NO/c1-9-3-4-10(2)19(9)16(20)13-8-12(13)11-5-6-14(17)15(18)7-11/h5-7,9-10,12-13H,3-4,8H2,1-2H3/t9-,10+,12-,13+/m1/s1. The third kappa shape index (κ3) is 2.44. The first-order chi connectivity index (χ1) is 9.49. The van der Waals surface area contributed by atoms with E-state index in [9.17, 15) is 4.79 Å². The van der Waals surface area contributed by atoms with Crippen LogP contribution < -0.4 is 0 Å². The van der Waals surface area contributed by atoms with Gasteiger partial charge in [0, 0.05) is 18.0 Å². The predicted molar refractivity (Wildman–Crippen MR) is 82.3 cm³/mol. The summed E-state index contributed by atoms with van der Waals surface area (Å²) in [7, 11) is 0. The van der Waals surface area contributed by atoms with Gasteiger partial charge in [-0.1, -0.05) is 29.3 Å². The molecular weight excluding hydrogens is 293 g/mol. The lowest BCUT2D eigenvalue weighted by molar-refractivity contribution is -0.134. The summed E-state index contributed by atoms with van der Waals surface area (Å²) in [6, 6.07) is 6.47. The normalized spacial score (nSPS) is 32.5. The molecule has 0 bridgehead atoms. The van der Waals surface area contributed by atoms with Crippen LogP contribution in [0.5, 0.6) is 0 Å². The van der Waals surface area contributed by atoms with E-state index >= 15 is 0 Å². The fraction of sp³-hybridized carbons (Fsp3) is 0.562. The minimum atomic E-state index is 0.134. The van der Waals surface area contributed by atoms with Crippen molar-refractivity contribution in [2.24, 2.45) is 5.92 Å². The van der Waals surface area contributed by atoms with E-state index in [1.54, 1.807) is 0 Å². The molecule has 1 saturated heterocycles. The van der Waals surface area contributed by atoms with Gasteiger partial charge in [0.25, 0.3) is 0 Å². The van der Waals surface area contributed by atoms with Crippen LogP contribution in [0, 0.1) is 5.92 Å². The first kappa shape index (κ1) is 14.2. The summed E-state index contributed by atoms with van der Waals surface area (Å²) in [6.45, 7) is 4.30. The Balaban J connectivity index is 1.72. The second-order valence-corrected chi connectivity index (χ2v) is 6.96. The van der Waals surface area contributed by atoms with Crippen molar-refractivity contribution in [2.45, 2.75) is 51.1 Å². The molecule has 0 aromatic heterocycles. The van der Waals surface area contributed by atoms with E-state index in [0.29, 0.717) is 34.0 Å². The van der Waals surface area contributed by atoms with Gasteiger partial charge in [0.2, 0.25) is 5.91 Å². The summed E-state index contributed by atoms with van der Waals surface area (Å²) >= 11 is 12.0. The first-order valence-electron chi connectivity index (χ1n) is 7.26. The maximum absolute atomic E-state index is 12.6. The van der Waals surface area contributed by atoms with E-state index in [1.807, 2.05) is 18.2 Å². The molecule has 0 spiro atoms. The fourth-order valence-electron chi connectivity index (χ4n) is 3.40. The predicted octanol–water partition coefficient (Wildman–Crippen LogP) is 4.50. The van der Waals surface area contributed by atoms with Crippen LogP contribution in [0.15, 0.2) is 18.2 Å². The molecular formula is C16H19Cl2NO. The van der Waals surface area contributed by atoms with Crippen LogP contribution in [-0.4, -0.2) is 22.9 Å². The number of amides is 1. The number of halogens is 2. The van der Waals surface area contributed by atoms with Crippen molar-refractivity contribution in [3.8, 4) is 0 Å². The molecule has 2 aliphatic rings. The Morgan fingerprint density at radius 2 is 1.80 bits per heavy atom. The zero-order valence-electron chi connectivity index (χ0n) is 11.8. The number of benzene rings is 1. The molecule has 2 fully saturated rings. The Kier molecular flexibility index (Phi) is 3.72. The highest BCUT2D eigenvalue weighted by molar-refractivity contribution is 6.42. The molecule has 1 aliphatic carbocycles. The fourth-order valence-corrected chi connectivity index (χ4v) is 3.71. The van der Waals surface area contributed by atoms with Crippen molar-refractivity contribution in [1.82, 2.24) is 4.90 Å². The highest BCUT2D eigenvalue weighted by atomic mass is 35.5. The maximum atomic E-state index is 12.6. The Bertz CT molecular complexity index is 535. The van der Waals surface area contributed by atoms with Crippen molar-refractivity contribution >= 4 is 29.1 Å². The van der Waals surface area contributed by atoms with Gasteiger partial charge >= 0.3 is 0 Å². The number of carbonyl (C=O) groups is 1. The summed E-state index contributed by atoms with van der Waals surface area (Å²) in [5, 5.41) is 1.14. The van der Waals surface area contributed by atoms with Gasteiger partial charge in [-0.3, -0.25) is 4.79 Å². The average molecular weight is 312 g/mol. The van der Waals surface area contributed by atoms with E-state index in [1.165, 1.54) is 0 Å². The van der Waals surface area contributed by atoms with Crippen LogP contribution in [0.25, 0.3) is 0 Å². The Hall–Kier alpha value is -0.730. The highest BCUT2D eigenvalue weighted by Gasteiger charge is 2.48. The van der Waals surface area contributed by atoms with Crippen LogP contribution in [-0.2, 0) is 4.79 Å². The second-order valence-electron chi connectivity index (χ2n) is 6.14. The summed E-state index contributed by atoms with van der Waals surface area (Å²) < 4.78 is 0. The third-order valence-electron chi connectivity index (χ3n) is 4.69. The molecule has 1 aromatic rings. The highest BCUT2D eigenvalue weighted by Crippen LogP contribution is 2.50. The molecule has 0 radical (unpaired) electrons. The average Bonchev–Trinajstić information content (AvgIpc) is 3.13. The molecule has 0 N–H and O–H groups in total. The minimum absolute atomic E-state index is 0.134. The van der Waals surface area contributed by atoms with Gasteiger partial charge in [-0.15, -0.1) is 0 Å². The number of rotatable bonds is 2. The molecule has 4 atom stereocenters. The van der Waals surface area contributed by atoms with Crippen LogP contribution in [0.1, 0.15) is 44.6 Å². The summed E-state index contributed by atoms with van der Waals surface area (Å²) in [4.78, 5) is 14.7. The van der Waals surface area contributed by atoms with Crippen LogP contribution in [0.2, 0.25) is 10.0 Å². The lowest BCUT2D eigenvalue weighted by atomic mass is 10.1. The van der Waals surface area contributed by atoms with Crippen molar-refractivity contribution < 1.29 is 4.79 Å². The van der Waals surface area contributed by atoms with Gasteiger partial charge < -0.3 is 4.90 Å². The molecule has 20 heavy (non-hydrogen) atoms. The zero-order valence-corrected chi connectivity index (χ0v) is 13.3. The summed E-state index contributed by atoms with van der Waals surface area (Å²) in [5.74, 6) is 0.770. The molecule has 1 aromatic carbocycles. The van der Waals surface area contributed by atoms with Gasteiger partial charge in [-0.05, 0) is 56.7 Å². The van der Waals surface area contributed by atoms with Crippen LogP contribution in [0.3, 0.4) is 0 Å². The van der Waals surface area contributed by atoms with Gasteiger partial charge in [0.05, 0.1) is 10.0 Å². The smallest absolute Gasteiger partial charge is 0.226 e. The number of hydrogen-bond donors (Lipinski definition) is 0. The Morgan fingerprint density at radius 1 is 1.15 bits per heavy atom. The van der Waals surface area contributed by atoms with E-state index in [-0.39, 0.29) is 5.92 Å². The van der Waals surface area contributed by atoms with Gasteiger partial charge in [0.1, 0.15) is 0 Å². The third-order valence-corrected chi connectivity index (χ3v) is 5.42. The molecule has 108 valence electrons. The molecule has 1 aliphatic heterocycles. The first-order valence-corrected chi connectivity index (χ1v) is 8.01. The lowest BCUT2D eigenvalue weighted by Crippen LogP contribution is -2.39. The van der Waals surface area contributed by atoms with Crippen LogP contribution in [0.4, 0.5) is 0 Å². The SMILES string of the molecule is C[C@@H]1CC[C@H](C)N1C(=O)[C@H]1C[C@@H]1c1ccc(Cl)c(Cl)c1. The molecule has 4 heteroatoms. The zero-order chi connectivity index (χ0) is 14.4. The Morgan fingerprint density at radius 3 is 2.40 bits per heavy atom. The van der Waals surface area contributed by atoms with Crippen LogP contribution >= 0.6 is 23.2 Å².